The molecule has 3 heteroatoms. The molecule has 0 unspecified atom stereocenters. The van der Waals surface area contributed by atoms with E-state index in [4.69, 9.17) is 4.74 Å². The number of carbonyl (C=O) groups is 1. The number of likely N-dealkylation sites (N-methyl/N-ethyl adjacent to an activating group) is 1. The predicted molar refractivity (Wildman–Crippen MR) is 80.3 cm³/mol. The third-order valence-electron chi connectivity index (χ3n) is 3.96. The lowest BCUT2D eigenvalue weighted by Crippen LogP contribution is -2.27. The summed E-state index contributed by atoms with van der Waals surface area (Å²) in [6.45, 7) is 2.26. The van der Waals surface area contributed by atoms with Crippen molar-refractivity contribution in [3.8, 4) is 0 Å². The Hall–Kier alpha value is -2.03. The smallest absolute Gasteiger partial charge is 0.339 e. The van der Waals surface area contributed by atoms with Gasteiger partial charge in [-0.3, -0.25) is 0 Å². The van der Waals surface area contributed by atoms with Gasteiger partial charge in [-0.05, 0) is 37.8 Å². The van der Waals surface area contributed by atoms with Crippen molar-refractivity contribution in [2.75, 3.05) is 18.6 Å². The van der Waals surface area contributed by atoms with E-state index in [0.717, 1.165) is 47.4 Å². The van der Waals surface area contributed by atoms with Gasteiger partial charge < -0.3 is 9.64 Å². The van der Waals surface area contributed by atoms with Crippen molar-refractivity contribution in [1.29, 1.82) is 0 Å². The van der Waals surface area contributed by atoms with Crippen LogP contribution in [-0.4, -0.2) is 19.6 Å². The molecule has 0 radical (unpaired) electrons. The maximum Gasteiger partial charge on any atom is 0.339 e. The number of hydrogen-bond acceptors (Lipinski definition) is 3. The second-order valence-corrected chi connectivity index (χ2v) is 5.13. The molecule has 0 amide bonds. The van der Waals surface area contributed by atoms with Crippen molar-refractivity contribution in [2.45, 2.75) is 26.2 Å². The third kappa shape index (κ3) is 1.94. The van der Waals surface area contributed by atoms with Gasteiger partial charge in [-0.25, -0.2) is 4.79 Å². The number of ether oxygens (including phenoxy) is 1. The van der Waals surface area contributed by atoms with Crippen molar-refractivity contribution in [1.82, 2.24) is 0 Å². The molecule has 0 fully saturated rings. The van der Waals surface area contributed by atoms with Crippen LogP contribution in [-0.2, 0) is 9.53 Å². The van der Waals surface area contributed by atoms with Crippen molar-refractivity contribution in [3.63, 3.8) is 0 Å². The number of esters is 1. The zero-order valence-corrected chi connectivity index (χ0v) is 12.0. The van der Waals surface area contributed by atoms with Crippen molar-refractivity contribution >= 4 is 17.2 Å². The van der Waals surface area contributed by atoms with Crippen LogP contribution in [0.4, 0.5) is 5.69 Å². The molecule has 0 aromatic heterocycles. The lowest BCUT2D eigenvalue weighted by molar-refractivity contribution is -0.136. The van der Waals surface area contributed by atoms with Crippen molar-refractivity contribution in [2.24, 2.45) is 0 Å². The molecular weight excluding hydrogens is 250 g/mol. The van der Waals surface area contributed by atoms with Crippen LogP contribution in [0.15, 0.2) is 41.6 Å². The minimum atomic E-state index is -0.198. The van der Waals surface area contributed by atoms with Gasteiger partial charge in [0.25, 0.3) is 0 Å². The standard InChI is InChI=1S/C17H19NO2/c1-3-20-17(19)16-12-8-4-6-10-14(12)18(2)15-11-7-5-9-13(15)16/h4,6,8,10-11H,3,5,7,9H2,1-2H3. The summed E-state index contributed by atoms with van der Waals surface area (Å²) in [7, 11) is 2.07. The summed E-state index contributed by atoms with van der Waals surface area (Å²) in [6.07, 6.45) is 5.34. The Morgan fingerprint density at radius 3 is 2.95 bits per heavy atom. The quantitative estimate of drug-likeness (QED) is 0.769. The number of nitrogens with zero attached hydrogens (tertiary/aromatic N) is 1. The topological polar surface area (TPSA) is 29.5 Å². The fourth-order valence-electron chi connectivity index (χ4n) is 3.07. The zero-order chi connectivity index (χ0) is 14.1. The Kier molecular flexibility index (Phi) is 3.35. The second-order valence-electron chi connectivity index (χ2n) is 5.13. The number of rotatable bonds is 2. The van der Waals surface area contributed by atoms with Gasteiger partial charge in [0.15, 0.2) is 0 Å². The molecule has 1 aromatic carbocycles. The molecule has 1 aromatic rings. The molecule has 0 atom stereocenters. The Morgan fingerprint density at radius 1 is 1.35 bits per heavy atom. The van der Waals surface area contributed by atoms with Crippen molar-refractivity contribution in [3.05, 3.63) is 47.2 Å². The molecular formula is C17H19NO2. The van der Waals surface area contributed by atoms with E-state index in [-0.39, 0.29) is 5.97 Å². The van der Waals surface area contributed by atoms with Crippen LogP contribution in [0, 0.1) is 0 Å². The highest BCUT2D eigenvalue weighted by Gasteiger charge is 2.31. The largest absolute Gasteiger partial charge is 0.462 e. The summed E-state index contributed by atoms with van der Waals surface area (Å²) < 4.78 is 5.28. The number of allylic oxidation sites excluding steroid dienone is 2. The molecule has 1 aliphatic carbocycles. The minimum absolute atomic E-state index is 0.198. The summed E-state index contributed by atoms with van der Waals surface area (Å²) in [4.78, 5) is 14.6. The van der Waals surface area contributed by atoms with Crippen LogP contribution in [0.3, 0.4) is 0 Å². The Morgan fingerprint density at radius 2 is 2.15 bits per heavy atom. The van der Waals surface area contributed by atoms with Crippen LogP contribution in [0.25, 0.3) is 5.57 Å². The van der Waals surface area contributed by atoms with Gasteiger partial charge >= 0.3 is 5.97 Å². The molecule has 0 bridgehead atoms. The second kappa shape index (κ2) is 5.16. The average molecular weight is 269 g/mol. The molecule has 0 spiro atoms. The number of para-hydroxylation sites is 1. The maximum atomic E-state index is 12.4. The first-order valence-corrected chi connectivity index (χ1v) is 7.18. The van der Waals surface area contributed by atoms with Gasteiger partial charge in [-0.15, -0.1) is 0 Å². The van der Waals surface area contributed by atoms with E-state index in [9.17, 15) is 4.79 Å². The average Bonchev–Trinajstić information content (AvgIpc) is 2.48. The summed E-state index contributed by atoms with van der Waals surface area (Å²) in [5.74, 6) is -0.198. The van der Waals surface area contributed by atoms with E-state index in [1.54, 1.807) is 0 Å². The summed E-state index contributed by atoms with van der Waals surface area (Å²) in [5.41, 5.74) is 5.12. The van der Waals surface area contributed by atoms with Crippen LogP contribution < -0.4 is 4.90 Å². The molecule has 0 saturated carbocycles. The number of fused-ring (bicyclic) bond motifs is 2. The van der Waals surface area contributed by atoms with Gasteiger partial charge in [0.05, 0.1) is 12.2 Å². The van der Waals surface area contributed by atoms with E-state index in [0.29, 0.717) is 6.61 Å². The first-order valence-electron chi connectivity index (χ1n) is 7.18. The lowest BCUT2D eigenvalue weighted by atomic mass is 9.85. The van der Waals surface area contributed by atoms with Gasteiger partial charge in [0, 0.05) is 24.0 Å². The summed E-state index contributed by atoms with van der Waals surface area (Å²) in [6, 6.07) is 8.05. The van der Waals surface area contributed by atoms with Crippen LogP contribution in [0.5, 0.6) is 0 Å². The minimum Gasteiger partial charge on any atom is -0.462 e. The normalized spacial score (nSPS) is 17.3. The molecule has 20 heavy (non-hydrogen) atoms. The molecule has 0 N–H and O–H groups in total. The van der Waals surface area contributed by atoms with Crippen LogP contribution >= 0.6 is 0 Å². The molecule has 2 aliphatic rings. The Balaban J connectivity index is 2.22. The highest BCUT2D eigenvalue weighted by molar-refractivity contribution is 6.21. The number of carbonyl (C=O) groups excluding carboxylic acids is 1. The zero-order valence-electron chi connectivity index (χ0n) is 12.0. The molecule has 104 valence electrons. The van der Waals surface area contributed by atoms with E-state index in [2.05, 4.69) is 24.1 Å². The van der Waals surface area contributed by atoms with Gasteiger partial charge in [0.2, 0.25) is 0 Å². The molecule has 0 saturated heterocycles. The molecule has 1 heterocycles. The van der Waals surface area contributed by atoms with Gasteiger partial charge in [0.1, 0.15) is 0 Å². The maximum absolute atomic E-state index is 12.4. The van der Waals surface area contributed by atoms with Crippen molar-refractivity contribution < 1.29 is 9.53 Å². The van der Waals surface area contributed by atoms with E-state index < -0.39 is 0 Å². The van der Waals surface area contributed by atoms with Crippen LogP contribution in [0.2, 0.25) is 0 Å². The third-order valence-corrected chi connectivity index (χ3v) is 3.96. The Bertz CT molecular complexity index is 613. The SMILES string of the molecule is CCOC(=O)C1=C2CCCC=C2N(C)c2ccccc21. The first kappa shape index (κ1) is 13.0. The number of benzene rings is 1. The van der Waals surface area contributed by atoms with E-state index >= 15 is 0 Å². The fourth-order valence-corrected chi connectivity index (χ4v) is 3.07. The molecule has 3 rings (SSSR count). The van der Waals surface area contributed by atoms with Gasteiger partial charge in [-0.1, -0.05) is 24.3 Å². The van der Waals surface area contributed by atoms with Crippen LogP contribution in [0.1, 0.15) is 31.7 Å². The summed E-state index contributed by atoms with van der Waals surface area (Å²) >= 11 is 0. The first-order chi connectivity index (χ1) is 9.74. The lowest BCUT2D eigenvalue weighted by Gasteiger charge is -2.35. The summed E-state index contributed by atoms with van der Waals surface area (Å²) in [5, 5.41) is 0. The molecule has 3 nitrogen and oxygen atoms in total. The van der Waals surface area contributed by atoms with E-state index in [1.165, 1.54) is 0 Å². The highest BCUT2D eigenvalue weighted by atomic mass is 16.5. The van der Waals surface area contributed by atoms with E-state index in [1.807, 2.05) is 25.1 Å². The predicted octanol–water partition coefficient (Wildman–Crippen LogP) is 3.52. The number of hydrogen-bond donors (Lipinski definition) is 0. The van der Waals surface area contributed by atoms with Gasteiger partial charge in [-0.2, -0.15) is 0 Å². The monoisotopic (exact) mass is 269 g/mol. The Labute approximate surface area is 119 Å². The fraction of sp³-hybridized carbons (Fsp3) is 0.353. The highest BCUT2D eigenvalue weighted by Crippen LogP contribution is 2.43. The number of anilines is 1. The molecule has 1 aliphatic heterocycles.